The van der Waals surface area contributed by atoms with Gasteiger partial charge in [0.25, 0.3) is 5.91 Å². The highest BCUT2D eigenvalue weighted by atomic mass is 35.5. The van der Waals surface area contributed by atoms with Crippen LogP contribution in [-0.4, -0.2) is 114 Å². The average molecular weight is 538 g/mol. The van der Waals surface area contributed by atoms with E-state index in [-0.39, 0.29) is 28.4 Å². The number of halogens is 1. The molecule has 3 heterocycles. The maximum atomic E-state index is 12.3. The Labute approximate surface area is 223 Å². The van der Waals surface area contributed by atoms with Gasteiger partial charge in [0, 0.05) is 65.3 Å². The molecule has 2 fully saturated rings. The highest BCUT2D eigenvalue weighted by Crippen LogP contribution is 2.17. The lowest BCUT2D eigenvalue weighted by Crippen LogP contribution is -2.47. The number of hydrogen-bond acceptors (Lipinski definition) is 10. The maximum absolute atomic E-state index is 12.3. The van der Waals surface area contributed by atoms with Crippen LogP contribution >= 0.6 is 11.6 Å². The van der Waals surface area contributed by atoms with E-state index >= 15 is 0 Å². The predicted molar refractivity (Wildman–Crippen MR) is 145 cm³/mol. The number of nitrogens with two attached hydrogens (primary N) is 3. The summed E-state index contributed by atoms with van der Waals surface area (Å²) >= 11 is 5.80. The van der Waals surface area contributed by atoms with Crippen LogP contribution in [0.2, 0.25) is 5.15 Å². The molecule has 0 bridgehead atoms. The standard InChI is InChI=1S/C23H40ClN11O2/c24-19-21(26)31-20(25)18(30-19)22(37)32-23(27)29-6-2-4-10-34-15-13-33(14-16-34)9-3-1-5-17(36)35-11-7-28-8-12-35/h28H,1-16H2,(H4,25,26,31)(H3,27,29,32,37). The molecular formula is C23H40ClN11O2. The van der Waals surface area contributed by atoms with Crippen LogP contribution < -0.4 is 27.8 Å². The molecule has 14 heteroatoms. The first-order valence-electron chi connectivity index (χ1n) is 13.0. The van der Waals surface area contributed by atoms with E-state index in [1.807, 2.05) is 4.90 Å². The van der Waals surface area contributed by atoms with E-state index in [4.69, 9.17) is 28.8 Å². The fraction of sp³-hybridized carbons (Fsp3) is 0.696. The highest BCUT2D eigenvalue weighted by molar-refractivity contribution is 6.31. The number of nitrogens with one attached hydrogen (secondary N) is 2. The molecule has 0 aromatic carbocycles. The monoisotopic (exact) mass is 537 g/mol. The van der Waals surface area contributed by atoms with Gasteiger partial charge in [-0.25, -0.2) is 9.97 Å². The van der Waals surface area contributed by atoms with Crippen molar-refractivity contribution in [2.24, 2.45) is 10.7 Å². The molecule has 1 aromatic heterocycles. The minimum atomic E-state index is -0.642. The Kier molecular flexibility index (Phi) is 11.6. The summed E-state index contributed by atoms with van der Waals surface area (Å²) in [6, 6.07) is 0. The van der Waals surface area contributed by atoms with Crippen LogP contribution in [-0.2, 0) is 4.79 Å². The Bertz CT molecular complexity index is 932. The van der Waals surface area contributed by atoms with Crippen LogP contribution in [0.5, 0.6) is 0 Å². The van der Waals surface area contributed by atoms with Crippen molar-refractivity contribution < 1.29 is 9.59 Å². The molecule has 2 amide bonds. The number of aromatic nitrogens is 2. The van der Waals surface area contributed by atoms with Crippen LogP contribution in [0.25, 0.3) is 0 Å². The fourth-order valence-corrected chi connectivity index (χ4v) is 4.52. The number of hydrogen-bond donors (Lipinski definition) is 5. The second kappa shape index (κ2) is 14.9. The van der Waals surface area contributed by atoms with Crippen LogP contribution in [0.4, 0.5) is 11.6 Å². The van der Waals surface area contributed by atoms with Gasteiger partial charge >= 0.3 is 0 Å². The van der Waals surface area contributed by atoms with Crippen molar-refractivity contribution >= 4 is 41.0 Å². The number of carbonyl (C=O) groups is 2. The van der Waals surface area contributed by atoms with Gasteiger partial charge in [-0.3, -0.25) is 19.9 Å². The molecule has 0 radical (unpaired) electrons. The molecular weight excluding hydrogens is 498 g/mol. The quantitative estimate of drug-likeness (QED) is 0.138. The van der Waals surface area contributed by atoms with E-state index in [1.165, 1.54) is 0 Å². The van der Waals surface area contributed by atoms with Gasteiger partial charge in [-0.05, 0) is 38.8 Å². The first-order valence-corrected chi connectivity index (χ1v) is 13.3. The summed E-state index contributed by atoms with van der Waals surface area (Å²) in [5, 5.41) is 5.62. The zero-order valence-corrected chi connectivity index (χ0v) is 22.2. The summed E-state index contributed by atoms with van der Waals surface area (Å²) < 4.78 is 0. The van der Waals surface area contributed by atoms with E-state index in [9.17, 15) is 9.59 Å². The van der Waals surface area contributed by atoms with Crippen molar-refractivity contribution in [2.45, 2.75) is 32.1 Å². The van der Waals surface area contributed by atoms with Crippen molar-refractivity contribution in [3.63, 3.8) is 0 Å². The summed E-state index contributed by atoms with van der Waals surface area (Å²) in [6.07, 6.45) is 4.53. The molecule has 37 heavy (non-hydrogen) atoms. The summed E-state index contributed by atoms with van der Waals surface area (Å²) in [4.78, 5) is 43.2. The number of piperazine rings is 2. The van der Waals surface area contributed by atoms with Gasteiger partial charge in [0.15, 0.2) is 28.4 Å². The molecule has 2 aliphatic rings. The molecule has 0 unspecified atom stereocenters. The van der Waals surface area contributed by atoms with Gasteiger partial charge in [0.1, 0.15) is 0 Å². The number of nitrogen functional groups attached to an aromatic ring is 2. The van der Waals surface area contributed by atoms with E-state index in [0.29, 0.717) is 18.9 Å². The first-order chi connectivity index (χ1) is 17.8. The number of aliphatic imine (C=N–C) groups is 1. The molecule has 0 saturated carbocycles. The van der Waals surface area contributed by atoms with Gasteiger partial charge in [-0.1, -0.05) is 11.6 Å². The molecule has 0 atom stereocenters. The van der Waals surface area contributed by atoms with Crippen LogP contribution in [0.15, 0.2) is 4.99 Å². The summed E-state index contributed by atoms with van der Waals surface area (Å²) in [6.45, 7) is 10.3. The van der Waals surface area contributed by atoms with Gasteiger partial charge in [-0.15, -0.1) is 0 Å². The number of unbranched alkanes of at least 4 members (excludes halogenated alkanes) is 2. The lowest BCUT2D eigenvalue weighted by atomic mass is 10.2. The highest BCUT2D eigenvalue weighted by Gasteiger charge is 2.19. The van der Waals surface area contributed by atoms with Crippen LogP contribution in [0.3, 0.4) is 0 Å². The van der Waals surface area contributed by atoms with E-state index < -0.39 is 5.91 Å². The molecule has 2 aliphatic heterocycles. The van der Waals surface area contributed by atoms with E-state index in [1.54, 1.807) is 0 Å². The number of carbonyl (C=O) groups excluding carboxylic acids is 2. The van der Waals surface area contributed by atoms with Gasteiger partial charge in [0.05, 0.1) is 0 Å². The lowest BCUT2D eigenvalue weighted by molar-refractivity contribution is -0.131. The first kappa shape index (κ1) is 28.8. The van der Waals surface area contributed by atoms with Gasteiger partial charge in [0.2, 0.25) is 5.91 Å². The molecule has 8 N–H and O–H groups in total. The number of rotatable bonds is 11. The third kappa shape index (κ3) is 9.58. The molecule has 206 valence electrons. The van der Waals surface area contributed by atoms with Crippen molar-refractivity contribution in [3.05, 3.63) is 10.8 Å². The Morgan fingerprint density at radius 3 is 2.19 bits per heavy atom. The zero-order valence-electron chi connectivity index (χ0n) is 21.4. The Morgan fingerprint density at radius 1 is 0.919 bits per heavy atom. The Balaban J connectivity index is 1.22. The number of guanidine groups is 1. The van der Waals surface area contributed by atoms with Crippen LogP contribution in [0.1, 0.15) is 42.6 Å². The summed E-state index contributed by atoms with van der Waals surface area (Å²) in [7, 11) is 0. The normalized spacial score (nSPS) is 17.6. The van der Waals surface area contributed by atoms with Crippen LogP contribution in [0, 0.1) is 0 Å². The summed E-state index contributed by atoms with van der Waals surface area (Å²) in [5.74, 6) is -0.536. The fourth-order valence-electron chi connectivity index (χ4n) is 4.39. The van der Waals surface area contributed by atoms with Crippen molar-refractivity contribution in [3.8, 4) is 0 Å². The molecule has 0 aliphatic carbocycles. The number of anilines is 2. The second-order valence-corrected chi connectivity index (χ2v) is 9.69. The Morgan fingerprint density at radius 2 is 1.54 bits per heavy atom. The molecule has 3 rings (SSSR count). The van der Waals surface area contributed by atoms with Gasteiger partial charge in [-0.2, -0.15) is 0 Å². The Hall–Kier alpha value is -2.74. The SMILES string of the molecule is NC(=NCCCCN1CCN(CCCCC(=O)N2CCNCC2)CC1)NC(=O)c1nc(Cl)c(N)nc1N. The zero-order chi connectivity index (χ0) is 26.6. The second-order valence-electron chi connectivity index (χ2n) is 9.33. The largest absolute Gasteiger partial charge is 0.382 e. The minimum absolute atomic E-state index is 0.0117. The molecule has 1 aromatic rings. The average Bonchev–Trinajstić information content (AvgIpc) is 2.89. The van der Waals surface area contributed by atoms with E-state index in [2.05, 4.69) is 35.4 Å². The third-order valence-electron chi connectivity index (χ3n) is 6.58. The predicted octanol–water partition coefficient (Wildman–Crippen LogP) is -0.661. The van der Waals surface area contributed by atoms with Crippen molar-refractivity contribution in [1.29, 1.82) is 0 Å². The molecule has 2 saturated heterocycles. The lowest BCUT2D eigenvalue weighted by Gasteiger charge is -2.34. The minimum Gasteiger partial charge on any atom is -0.382 e. The maximum Gasteiger partial charge on any atom is 0.280 e. The van der Waals surface area contributed by atoms with Crippen molar-refractivity contribution in [2.75, 3.05) is 83.5 Å². The van der Waals surface area contributed by atoms with E-state index in [0.717, 1.165) is 91.1 Å². The summed E-state index contributed by atoms with van der Waals surface area (Å²) in [5.41, 5.74) is 16.8. The number of nitrogens with zero attached hydrogens (tertiary/aromatic N) is 6. The molecule has 0 spiro atoms. The topological polar surface area (TPSA) is 184 Å². The smallest absolute Gasteiger partial charge is 0.280 e. The number of amides is 2. The van der Waals surface area contributed by atoms with Crippen molar-refractivity contribution in [1.82, 2.24) is 35.3 Å². The third-order valence-corrected chi connectivity index (χ3v) is 6.85. The molecule has 13 nitrogen and oxygen atoms in total. The van der Waals surface area contributed by atoms with Gasteiger partial charge < -0.3 is 37.2 Å².